The van der Waals surface area contributed by atoms with Crippen molar-refractivity contribution in [2.24, 2.45) is 0 Å². The van der Waals surface area contributed by atoms with Gasteiger partial charge in [-0.1, -0.05) is 236 Å². The molecule has 6 nitrogen and oxygen atoms in total. The predicted octanol–water partition coefficient (Wildman–Crippen LogP) is 14.7. The second kappa shape index (κ2) is 45.9. The van der Waals surface area contributed by atoms with Crippen molar-refractivity contribution in [3.63, 3.8) is 0 Å². The summed E-state index contributed by atoms with van der Waals surface area (Å²) in [4.78, 5) is 26.1. The quantitative estimate of drug-likeness (QED) is 0.0323. The Hall–Kier alpha value is -2.18. The molecule has 338 valence electrons. The van der Waals surface area contributed by atoms with Gasteiger partial charge in [0.15, 0.2) is 0 Å². The van der Waals surface area contributed by atoms with Crippen LogP contribution in [0, 0.1) is 0 Å². The Bertz CT molecular complexity index is 1000. The Kier molecular flexibility index (Phi) is 44.2. The zero-order valence-electron chi connectivity index (χ0n) is 38.4. The first kappa shape index (κ1) is 55.8. The molecule has 58 heavy (non-hydrogen) atoms. The SMILES string of the molecule is CC/C=C/C=C/C=C\C=C/CCCCCC(=O)OC(CCCCCCCCCCCCCCCCCC)CC(=O)NC(CO)C(O)CCCCCCCCCCCC. The molecule has 3 N–H and O–H groups in total. The topological polar surface area (TPSA) is 95.9 Å². The summed E-state index contributed by atoms with van der Waals surface area (Å²) < 4.78 is 5.91. The molecule has 0 saturated carbocycles. The van der Waals surface area contributed by atoms with Gasteiger partial charge in [0.1, 0.15) is 6.10 Å². The third kappa shape index (κ3) is 40.6. The largest absolute Gasteiger partial charge is 0.462 e. The number of amides is 1. The smallest absolute Gasteiger partial charge is 0.306 e. The molecule has 3 atom stereocenters. The van der Waals surface area contributed by atoms with E-state index >= 15 is 0 Å². The normalized spacial score (nSPS) is 13.7. The van der Waals surface area contributed by atoms with Gasteiger partial charge in [-0.25, -0.2) is 0 Å². The highest BCUT2D eigenvalue weighted by atomic mass is 16.5. The van der Waals surface area contributed by atoms with Crippen molar-refractivity contribution in [2.45, 2.75) is 264 Å². The summed E-state index contributed by atoms with van der Waals surface area (Å²) >= 11 is 0. The Labute approximate surface area is 359 Å². The Balaban J connectivity index is 4.63. The standard InChI is InChI=1S/C52H95NO5/c1-4-7-10-13-16-19-22-24-25-26-28-29-31-34-37-40-43-48(58-52(57)45-42-39-36-33-30-27-23-20-17-14-11-8-5-2)46-51(56)53-49(47-54)50(55)44-41-38-35-32-21-18-15-12-9-6-3/h8,11,14,17,20,23,27,30,48-50,54-55H,4-7,9-10,12-13,15-16,18-19,21-22,24-26,28-29,31-47H2,1-3H3,(H,53,56)/b11-8+,17-14+,23-20-,30-27-. The third-order valence-corrected chi connectivity index (χ3v) is 11.3. The minimum atomic E-state index is -0.792. The van der Waals surface area contributed by atoms with Gasteiger partial charge in [-0.3, -0.25) is 9.59 Å². The summed E-state index contributed by atoms with van der Waals surface area (Å²) in [5.41, 5.74) is 0. The lowest BCUT2D eigenvalue weighted by atomic mass is 10.0. The van der Waals surface area contributed by atoms with E-state index in [4.69, 9.17) is 4.74 Å². The number of aliphatic hydroxyl groups excluding tert-OH is 2. The number of carbonyl (C=O) groups excluding carboxylic acids is 2. The number of unbranched alkanes of at least 4 members (excludes halogenated alkanes) is 27. The molecule has 6 heteroatoms. The fourth-order valence-electron chi connectivity index (χ4n) is 7.50. The number of carbonyl (C=O) groups is 2. The second-order valence-corrected chi connectivity index (χ2v) is 16.9. The molecule has 0 saturated heterocycles. The summed E-state index contributed by atoms with van der Waals surface area (Å²) in [5, 5.41) is 23.7. The van der Waals surface area contributed by atoms with Crippen molar-refractivity contribution >= 4 is 11.9 Å². The summed E-state index contributed by atoms with van der Waals surface area (Å²) in [6, 6.07) is -0.707. The maximum Gasteiger partial charge on any atom is 0.306 e. The molecule has 0 heterocycles. The second-order valence-electron chi connectivity index (χ2n) is 16.9. The lowest BCUT2D eigenvalue weighted by Crippen LogP contribution is -2.46. The van der Waals surface area contributed by atoms with Crippen LogP contribution in [0.3, 0.4) is 0 Å². The highest BCUT2D eigenvalue weighted by molar-refractivity contribution is 5.77. The Morgan fingerprint density at radius 2 is 0.931 bits per heavy atom. The first-order valence-corrected chi connectivity index (χ1v) is 24.9. The number of hydrogen-bond acceptors (Lipinski definition) is 5. The molecule has 0 spiro atoms. The van der Waals surface area contributed by atoms with Gasteiger partial charge < -0.3 is 20.3 Å². The molecular formula is C52H95NO5. The molecule has 0 aromatic rings. The first-order valence-electron chi connectivity index (χ1n) is 24.9. The van der Waals surface area contributed by atoms with Crippen LogP contribution in [0.2, 0.25) is 0 Å². The molecule has 0 aliphatic heterocycles. The predicted molar refractivity (Wildman–Crippen MR) is 250 cm³/mol. The minimum Gasteiger partial charge on any atom is -0.462 e. The average molecular weight is 814 g/mol. The number of allylic oxidation sites excluding steroid dienone is 8. The molecule has 0 bridgehead atoms. The first-order chi connectivity index (χ1) is 28.5. The third-order valence-electron chi connectivity index (χ3n) is 11.3. The molecule has 0 aromatic carbocycles. The van der Waals surface area contributed by atoms with E-state index < -0.39 is 18.2 Å². The molecule has 1 amide bonds. The highest BCUT2D eigenvalue weighted by Crippen LogP contribution is 2.18. The lowest BCUT2D eigenvalue weighted by Gasteiger charge is -2.24. The lowest BCUT2D eigenvalue weighted by molar-refractivity contribution is -0.151. The molecule has 0 aliphatic carbocycles. The maximum absolute atomic E-state index is 13.2. The van der Waals surface area contributed by atoms with Crippen molar-refractivity contribution in [2.75, 3.05) is 6.61 Å². The molecule has 0 fully saturated rings. The van der Waals surface area contributed by atoms with Gasteiger partial charge in [0, 0.05) is 6.42 Å². The number of nitrogens with one attached hydrogen (secondary N) is 1. The van der Waals surface area contributed by atoms with Gasteiger partial charge in [-0.15, -0.1) is 0 Å². The average Bonchev–Trinajstić information content (AvgIpc) is 3.22. The van der Waals surface area contributed by atoms with E-state index in [9.17, 15) is 19.8 Å². The van der Waals surface area contributed by atoms with Crippen LogP contribution < -0.4 is 5.32 Å². The summed E-state index contributed by atoms with van der Waals surface area (Å²) in [7, 11) is 0. The highest BCUT2D eigenvalue weighted by Gasteiger charge is 2.24. The number of esters is 1. The van der Waals surface area contributed by atoms with Crippen molar-refractivity contribution < 1.29 is 24.5 Å². The number of ether oxygens (including phenoxy) is 1. The van der Waals surface area contributed by atoms with E-state index in [0.29, 0.717) is 19.3 Å². The summed E-state index contributed by atoms with van der Waals surface area (Å²) in [6.45, 7) is 6.33. The molecule has 0 aromatic heterocycles. The van der Waals surface area contributed by atoms with E-state index in [1.165, 1.54) is 135 Å². The van der Waals surface area contributed by atoms with Gasteiger partial charge >= 0.3 is 5.97 Å². The summed E-state index contributed by atoms with van der Waals surface area (Å²) in [5.74, 6) is -0.513. The van der Waals surface area contributed by atoms with E-state index in [2.05, 4.69) is 50.4 Å². The molecular weight excluding hydrogens is 719 g/mol. The Morgan fingerprint density at radius 3 is 1.40 bits per heavy atom. The van der Waals surface area contributed by atoms with Gasteiger partial charge in [0.2, 0.25) is 5.91 Å². The van der Waals surface area contributed by atoms with Gasteiger partial charge in [-0.2, -0.15) is 0 Å². The molecule has 3 unspecified atom stereocenters. The van der Waals surface area contributed by atoms with E-state index in [-0.39, 0.29) is 24.9 Å². The van der Waals surface area contributed by atoms with Crippen LogP contribution in [0.1, 0.15) is 245 Å². The van der Waals surface area contributed by atoms with E-state index in [1.807, 2.05) is 24.3 Å². The minimum absolute atomic E-state index is 0.0638. The fraction of sp³-hybridized carbons (Fsp3) is 0.808. The van der Waals surface area contributed by atoms with Crippen LogP contribution in [0.5, 0.6) is 0 Å². The number of rotatable bonds is 44. The maximum atomic E-state index is 13.2. The zero-order chi connectivity index (χ0) is 42.4. The summed E-state index contributed by atoms with van der Waals surface area (Å²) in [6.07, 6.45) is 54.6. The van der Waals surface area contributed by atoms with E-state index in [0.717, 1.165) is 64.2 Å². The number of hydrogen-bond donors (Lipinski definition) is 3. The van der Waals surface area contributed by atoms with Crippen LogP contribution in [0.15, 0.2) is 48.6 Å². The fourth-order valence-corrected chi connectivity index (χ4v) is 7.50. The van der Waals surface area contributed by atoms with Crippen molar-refractivity contribution in [3.05, 3.63) is 48.6 Å². The monoisotopic (exact) mass is 814 g/mol. The zero-order valence-corrected chi connectivity index (χ0v) is 38.4. The molecule has 0 rings (SSSR count). The van der Waals surface area contributed by atoms with Gasteiger partial charge in [0.05, 0.1) is 25.2 Å². The molecule has 0 aliphatic rings. The van der Waals surface area contributed by atoms with Crippen molar-refractivity contribution in [1.29, 1.82) is 0 Å². The van der Waals surface area contributed by atoms with Gasteiger partial charge in [0.25, 0.3) is 0 Å². The Morgan fingerprint density at radius 1 is 0.517 bits per heavy atom. The van der Waals surface area contributed by atoms with Crippen molar-refractivity contribution in [1.82, 2.24) is 5.32 Å². The van der Waals surface area contributed by atoms with Crippen LogP contribution in [-0.4, -0.2) is 46.9 Å². The van der Waals surface area contributed by atoms with Gasteiger partial charge in [-0.05, 0) is 44.9 Å². The van der Waals surface area contributed by atoms with E-state index in [1.54, 1.807) is 0 Å². The number of aliphatic hydroxyl groups is 2. The van der Waals surface area contributed by atoms with Crippen LogP contribution >= 0.6 is 0 Å². The van der Waals surface area contributed by atoms with Crippen molar-refractivity contribution in [3.8, 4) is 0 Å². The van der Waals surface area contributed by atoms with Crippen LogP contribution in [0.4, 0.5) is 0 Å². The molecule has 0 radical (unpaired) electrons. The van der Waals surface area contributed by atoms with Crippen LogP contribution in [-0.2, 0) is 14.3 Å². The van der Waals surface area contributed by atoms with Crippen LogP contribution in [0.25, 0.3) is 0 Å².